The lowest BCUT2D eigenvalue weighted by Gasteiger charge is -2.08. The van der Waals surface area contributed by atoms with E-state index < -0.39 is 18.0 Å². The topological polar surface area (TPSA) is 9.23 Å². The maximum Gasteiger partial charge on any atom is 0.414 e. The van der Waals surface area contributed by atoms with Gasteiger partial charge in [0, 0.05) is 0 Å². The summed E-state index contributed by atoms with van der Waals surface area (Å²) in [5.41, 5.74) is 0. The zero-order valence-electron chi connectivity index (χ0n) is 4.51. The molecule has 6 heteroatoms. The monoisotopic (exact) mass is 161 g/mol. The van der Waals surface area contributed by atoms with Gasteiger partial charge < -0.3 is 4.74 Å². The molecule has 0 aliphatic rings. The highest BCUT2D eigenvalue weighted by Crippen LogP contribution is 2.29. The Morgan fingerprint density at radius 2 is 1.60 bits per heavy atom. The summed E-state index contributed by atoms with van der Waals surface area (Å²) < 4.78 is 59.6. The van der Waals surface area contributed by atoms with Crippen molar-refractivity contribution in [2.75, 3.05) is 0 Å². The molecule has 0 saturated heterocycles. The summed E-state index contributed by atoms with van der Waals surface area (Å²) in [5, 5.41) is 0. The molecular formula is C4H2F5O. The van der Waals surface area contributed by atoms with E-state index >= 15 is 0 Å². The fourth-order valence-corrected chi connectivity index (χ4v) is 0.173. The fraction of sp³-hybridized carbons (Fsp3) is 0.250. The summed E-state index contributed by atoms with van der Waals surface area (Å²) in [6.07, 6.45) is -7.74. The van der Waals surface area contributed by atoms with Gasteiger partial charge in [-0.3, -0.25) is 0 Å². The molecule has 59 valence electrons. The Kier molecular flexibility index (Phi) is 2.77. The van der Waals surface area contributed by atoms with Crippen LogP contribution in [0.15, 0.2) is 11.9 Å². The summed E-state index contributed by atoms with van der Waals surface area (Å²) in [5.74, 6) is -2.91. The number of hydrogen-bond donors (Lipinski definition) is 0. The second-order valence-electron chi connectivity index (χ2n) is 1.24. The Hall–Kier alpha value is -0.650. The van der Waals surface area contributed by atoms with Crippen molar-refractivity contribution in [3.63, 3.8) is 0 Å². The average molecular weight is 161 g/mol. The van der Waals surface area contributed by atoms with Crippen LogP contribution in [-0.2, 0) is 4.74 Å². The van der Waals surface area contributed by atoms with Gasteiger partial charge in [-0.15, -0.1) is 0 Å². The minimum absolute atomic E-state index is 2.10. The molecule has 0 heterocycles. The van der Waals surface area contributed by atoms with Gasteiger partial charge in [-0.2, -0.15) is 22.0 Å². The molecule has 0 aliphatic heterocycles. The Morgan fingerprint density at radius 3 is 1.70 bits per heavy atom. The van der Waals surface area contributed by atoms with E-state index in [-0.39, 0.29) is 0 Å². The normalized spacial score (nSPS) is 11.4. The lowest BCUT2D eigenvalue weighted by Crippen LogP contribution is -2.18. The van der Waals surface area contributed by atoms with Crippen LogP contribution < -0.4 is 0 Å². The molecule has 0 amide bonds. The van der Waals surface area contributed by atoms with E-state index in [0.29, 0.717) is 0 Å². The van der Waals surface area contributed by atoms with Crippen LogP contribution in [0.4, 0.5) is 22.0 Å². The number of halogens is 5. The van der Waals surface area contributed by atoms with Gasteiger partial charge in [0.25, 0.3) is 5.83 Å². The van der Waals surface area contributed by atoms with Gasteiger partial charge in [-0.25, -0.2) is 0 Å². The van der Waals surface area contributed by atoms with Crippen molar-refractivity contribution in [2.24, 2.45) is 0 Å². The molecule has 0 atom stereocenters. The minimum atomic E-state index is -4.63. The summed E-state index contributed by atoms with van der Waals surface area (Å²) in [6, 6.07) is 0. The van der Waals surface area contributed by atoms with E-state index in [1.807, 2.05) is 0 Å². The second-order valence-corrected chi connectivity index (χ2v) is 1.24. The number of hydrogen-bond acceptors (Lipinski definition) is 1. The van der Waals surface area contributed by atoms with Crippen LogP contribution in [0.25, 0.3) is 0 Å². The van der Waals surface area contributed by atoms with Crippen molar-refractivity contribution in [3.8, 4) is 0 Å². The third-order valence-electron chi connectivity index (χ3n) is 0.603. The van der Waals surface area contributed by atoms with Crippen LogP contribution in [-0.4, -0.2) is 6.11 Å². The number of rotatable bonds is 2. The quantitative estimate of drug-likeness (QED) is 0.565. The van der Waals surface area contributed by atoms with Gasteiger partial charge in [-0.1, -0.05) is 0 Å². The standard InChI is InChI=1S/C4H2F5O/c1-10-4(8,9)2(5)3(6)7/h1H2. The molecule has 0 rings (SSSR count). The SMILES string of the molecule is [CH2]OC(F)(F)C(F)=C(F)F. The van der Waals surface area contributed by atoms with E-state index in [2.05, 4.69) is 11.8 Å². The van der Waals surface area contributed by atoms with E-state index in [0.717, 1.165) is 0 Å². The zero-order chi connectivity index (χ0) is 8.36. The Labute approximate surface area is 53.1 Å². The van der Waals surface area contributed by atoms with Gasteiger partial charge >= 0.3 is 12.2 Å². The molecule has 0 N–H and O–H groups in total. The Balaban J connectivity index is 4.49. The van der Waals surface area contributed by atoms with Crippen LogP contribution in [0, 0.1) is 7.11 Å². The van der Waals surface area contributed by atoms with Gasteiger partial charge in [0.1, 0.15) is 0 Å². The minimum Gasteiger partial charge on any atom is -0.312 e. The summed E-state index contributed by atoms with van der Waals surface area (Å²) in [4.78, 5) is 0. The molecule has 0 bridgehead atoms. The molecule has 10 heavy (non-hydrogen) atoms. The smallest absolute Gasteiger partial charge is 0.312 e. The third kappa shape index (κ3) is 1.94. The molecule has 0 fully saturated rings. The van der Waals surface area contributed by atoms with Crippen molar-refractivity contribution < 1.29 is 26.7 Å². The van der Waals surface area contributed by atoms with Crippen molar-refractivity contribution in [2.45, 2.75) is 6.11 Å². The van der Waals surface area contributed by atoms with Crippen LogP contribution >= 0.6 is 0 Å². The first-order chi connectivity index (χ1) is 4.41. The van der Waals surface area contributed by atoms with Crippen molar-refractivity contribution in [1.29, 1.82) is 0 Å². The van der Waals surface area contributed by atoms with E-state index in [4.69, 9.17) is 0 Å². The van der Waals surface area contributed by atoms with Crippen molar-refractivity contribution in [1.82, 2.24) is 0 Å². The summed E-state index contributed by atoms with van der Waals surface area (Å²) in [7, 11) is 2.10. The first kappa shape index (κ1) is 9.35. The van der Waals surface area contributed by atoms with E-state index in [1.54, 1.807) is 0 Å². The second kappa shape index (κ2) is 2.96. The first-order valence-electron chi connectivity index (χ1n) is 1.94. The third-order valence-corrected chi connectivity index (χ3v) is 0.603. The molecule has 0 aliphatic carbocycles. The summed E-state index contributed by atoms with van der Waals surface area (Å²) >= 11 is 0. The Morgan fingerprint density at radius 1 is 1.20 bits per heavy atom. The highest BCUT2D eigenvalue weighted by molar-refractivity contribution is 4.99. The van der Waals surface area contributed by atoms with Gasteiger partial charge in [0.05, 0.1) is 7.11 Å². The van der Waals surface area contributed by atoms with E-state index in [9.17, 15) is 22.0 Å². The number of alkyl halides is 2. The van der Waals surface area contributed by atoms with Crippen molar-refractivity contribution in [3.05, 3.63) is 19.0 Å². The lowest BCUT2D eigenvalue weighted by atomic mass is 10.5. The molecule has 0 saturated carbocycles. The molecular weight excluding hydrogens is 159 g/mol. The van der Waals surface area contributed by atoms with Crippen LogP contribution in [0.3, 0.4) is 0 Å². The molecule has 0 aromatic carbocycles. The van der Waals surface area contributed by atoms with Crippen LogP contribution in [0.2, 0.25) is 0 Å². The highest BCUT2D eigenvalue weighted by Gasteiger charge is 2.39. The average Bonchev–Trinajstić information content (AvgIpc) is 1.86. The van der Waals surface area contributed by atoms with Crippen LogP contribution in [0.5, 0.6) is 0 Å². The molecule has 0 spiro atoms. The maximum absolute atomic E-state index is 11.6. The first-order valence-corrected chi connectivity index (χ1v) is 1.94. The highest BCUT2D eigenvalue weighted by atomic mass is 19.3. The van der Waals surface area contributed by atoms with Gasteiger partial charge in [0.15, 0.2) is 0 Å². The van der Waals surface area contributed by atoms with Crippen molar-refractivity contribution >= 4 is 0 Å². The predicted octanol–water partition coefficient (Wildman–Crippen LogP) is 2.46. The van der Waals surface area contributed by atoms with Crippen LogP contribution in [0.1, 0.15) is 0 Å². The fourth-order valence-electron chi connectivity index (χ4n) is 0.173. The molecule has 0 aromatic rings. The lowest BCUT2D eigenvalue weighted by molar-refractivity contribution is -0.190. The zero-order valence-corrected chi connectivity index (χ0v) is 4.51. The molecule has 1 radical (unpaired) electrons. The molecule has 1 nitrogen and oxygen atoms in total. The maximum atomic E-state index is 11.6. The predicted molar refractivity (Wildman–Crippen MR) is 21.7 cm³/mol. The van der Waals surface area contributed by atoms with E-state index in [1.165, 1.54) is 0 Å². The Bertz CT molecular complexity index is 148. The van der Waals surface area contributed by atoms with Gasteiger partial charge in [0.2, 0.25) is 0 Å². The van der Waals surface area contributed by atoms with Gasteiger partial charge in [-0.05, 0) is 0 Å². The largest absolute Gasteiger partial charge is 0.414 e. The number of ether oxygens (including phenoxy) is 1. The summed E-state index contributed by atoms with van der Waals surface area (Å²) in [6.45, 7) is 0. The molecule has 0 unspecified atom stereocenters. The molecule has 0 aromatic heterocycles.